The maximum Gasteiger partial charge on any atom is 0.140 e. The SMILES string of the molecule is O=C1[C@H]2C3C=CC(C3)[C@H]2[C@@H]2C3C=CC(C3)[C@H]12. The van der Waals surface area contributed by atoms with E-state index in [1.165, 1.54) is 12.8 Å². The van der Waals surface area contributed by atoms with Crippen LogP contribution in [0.1, 0.15) is 12.8 Å². The van der Waals surface area contributed by atoms with Crippen molar-refractivity contribution in [2.24, 2.45) is 47.3 Å². The smallest absolute Gasteiger partial charge is 0.140 e. The second kappa shape index (κ2) is 2.37. The van der Waals surface area contributed by atoms with Gasteiger partial charge >= 0.3 is 0 Å². The maximum atomic E-state index is 12.6. The Bertz CT molecular complexity index is 406. The van der Waals surface area contributed by atoms with Crippen LogP contribution in [0, 0.1) is 47.3 Å². The molecule has 3 saturated carbocycles. The number of rotatable bonds is 0. The average Bonchev–Trinajstić information content (AvgIpc) is 2.98. The topological polar surface area (TPSA) is 17.1 Å². The van der Waals surface area contributed by atoms with Crippen molar-refractivity contribution in [2.45, 2.75) is 12.8 Å². The van der Waals surface area contributed by atoms with Crippen LogP contribution in [-0.4, -0.2) is 5.78 Å². The van der Waals surface area contributed by atoms with Crippen LogP contribution >= 0.6 is 0 Å². The predicted octanol–water partition coefficient (Wildman–Crippen LogP) is 2.45. The molecule has 0 N–H and O–H groups in total. The van der Waals surface area contributed by atoms with Gasteiger partial charge in [-0.3, -0.25) is 4.79 Å². The summed E-state index contributed by atoms with van der Waals surface area (Å²) >= 11 is 0. The Kier molecular flexibility index (Phi) is 1.22. The molecular weight excluding hydrogens is 196 g/mol. The summed E-state index contributed by atoms with van der Waals surface area (Å²) in [6, 6.07) is 0. The van der Waals surface area contributed by atoms with Gasteiger partial charge in [-0.15, -0.1) is 0 Å². The monoisotopic (exact) mass is 212 g/mol. The van der Waals surface area contributed by atoms with Crippen molar-refractivity contribution in [1.29, 1.82) is 0 Å². The van der Waals surface area contributed by atoms with E-state index < -0.39 is 0 Å². The highest BCUT2D eigenvalue weighted by atomic mass is 16.1. The van der Waals surface area contributed by atoms with Gasteiger partial charge in [0.05, 0.1) is 0 Å². The Balaban J connectivity index is 1.67. The van der Waals surface area contributed by atoms with Gasteiger partial charge in [-0.1, -0.05) is 24.3 Å². The molecule has 0 aliphatic heterocycles. The van der Waals surface area contributed by atoms with Gasteiger partial charge < -0.3 is 0 Å². The minimum atomic E-state index is 0.426. The Morgan fingerprint density at radius 1 is 0.750 bits per heavy atom. The van der Waals surface area contributed by atoms with Gasteiger partial charge in [0.15, 0.2) is 0 Å². The van der Waals surface area contributed by atoms with E-state index in [1.54, 1.807) is 0 Å². The fraction of sp³-hybridized carbons (Fsp3) is 0.667. The van der Waals surface area contributed by atoms with Crippen molar-refractivity contribution in [3.63, 3.8) is 0 Å². The molecule has 82 valence electrons. The lowest BCUT2D eigenvalue weighted by atomic mass is 9.75. The maximum absolute atomic E-state index is 12.6. The molecule has 0 amide bonds. The van der Waals surface area contributed by atoms with E-state index in [-0.39, 0.29) is 0 Å². The molecule has 0 radical (unpaired) electrons. The average molecular weight is 212 g/mol. The first-order valence-corrected chi connectivity index (χ1v) is 6.75. The van der Waals surface area contributed by atoms with E-state index in [2.05, 4.69) is 24.3 Å². The lowest BCUT2D eigenvalue weighted by Crippen LogP contribution is -2.24. The third kappa shape index (κ3) is 0.687. The highest BCUT2D eigenvalue weighted by molar-refractivity contribution is 5.89. The van der Waals surface area contributed by atoms with Crippen molar-refractivity contribution < 1.29 is 4.79 Å². The number of carbonyl (C=O) groups excluding carboxylic acids is 1. The lowest BCUT2D eigenvalue weighted by molar-refractivity contribution is -0.125. The van der Waals surface area contributed by atoms with Gasteiger partial charge in [0.2, 0.25) is 0 Å². The molecule has 0 aromatic carbocycles. The van der Waals surface area contributed by atoms with E-state index in [0.29, 0.717) is 29.5 Å². The zero-order chi connectivity index (χ0) is 10.4. The molecule has 0 aromatic rings. The van der Waals surface area contributed by atoms with E-state index in [0.717, 1.165) is 23.7 Å². The van der Waals surface area contributed by atoms with Crippen LogP contribution in [0.25, 0.3) is 0 Å². The van der Waals surface area contributed by atoms with Gasteiger partial charge in [-0.25, -0.2) is 0 Å². The van der Waals surface area contributed by atoms with Gasteiger partial charge in [0.25, 0.3) is 0 Å². The normalized spacial score (nSPS) is 63.4. The number of Topliss-reactive ketones (excluding diaryl/α,β-unsaturated/α-hetero) is 1. The molecular formula is C15H16O. The van der Waals surface area contributed by atoms with Crippen LogP contribution in [0.4, 0.5) is 0 Å². The largest absolute Gasteiger partial charge is 0.299 e. The molecule has 5 aliphatic rings. The molecule has 0 heterocycles. The van der Waals surface area contributed by atoms with Crippen LogP contribution < -0.4 is 0 Å². The lowest BCUT2D eigenvalue weighted by Gasteiger charge is -2.28. The summed E-state index contributed by atoms with van der Waals surface area (Å²) in [4.78, 5) is 12.6. The molecule has 1 heteroatoms. The summed E-state index contributed by atoms with van der Waals surface area (Å²) in [5.41, 5.74) is 0. The highest BCUT2D eigenvalue weighted by Gasteiger charge is 2.65. The summed E-state index contributed by atoms with van der Waals surface area (Å²) < 4.78 is 0. The molecule has 5 rings (SSSR count). The summed E-state index contributed by atoms with van der Waals surface area (Å²) in [7, 11) is 0. The van der Waals surface area contributed by atoms with Crippen LogP contribution in [0.2, 0.25) is 0 Å². The van der Waals surface area contributed by atoms with E-state index >= 15 is 0 Å². The summed E-state index contributed by atoms with van der Waals surface area (Å²) in [6.45, 7) is 0. The number of hydrogen-bond acceptors (Lipinski definition) is 1. The van der Waals surface area contributed by atoms with Crippen molar-refractivity contribution in [2.75, 3.05) is 0 Å². The summed E-state index contributed by atoms with van der Waals surface area (Å²) in [5.74, 6) is 5.69. The van der Waals surface area contributed by atoms with Crippen LogP contribution in [0.3, 0.4) is 0 Å². The molecule has 8 atom stereocenters. The first-order valence-electron chi connectivity index (χ1n) is 6.75. The number of carbonyl (C=O) groups is 1. The number of hydrogen-bond donors (Lipinski definition) is 0. The minimum absolute atomic E-state index is 0.426. The van der Waals surface area contributed by atoms with Gasteiger partial charge in [0, 0.05) is 11.8 Å². The standard InChI is InChI=1S/C15H16O/c16-15-13-9-3-1-7(5-9)11(13)12-8-2-4-10(6-8)14(12)15/h1-4,7-14H,5-6H2/t7?,8?,9?,10?,11-,12-,13-,14-/m0/s1. The Morgan fingerprint density at radius 3 is 1.69 bits per heavy atom. The third-order valence-electron chi connectivity index (χ3n) is 6.14. The second-order valence-electron chi connectivity index (χ2n) is 6.51. The van der Waals surface area contributed by atoms with Gasteiger partial charge in [0.1, 0.15) is 5.78 Å². The zero-order valence-corrected chi connectivity index (χ0v) is 9.25. The van der Waals surface area contributed by atoms with Crippen molar-refractivity contribution >= 4 is 5.78 Å². The minimum Gasteiger partial charge on any atom is -0.299 e. The van der Waals surface area contributed by atoms with E-state index in [4.69, 9.17) is 0 Å². The van der Waals surface area contributed by atoms with Crippen molar-refractivity contribution in [3.8, 4) is 0 Å². The molecule has 4 bridgehead atoms. The van der Waals surface area contributed by atoms with Crippen LogP contribution in [0.15, 0.2) is 24.3 Å². The Hall–Kier alpha value is -0.850. The zero-order valence-electron chi connectivity index (χ0n) is 9.25. The fourth-order valence-electron chi connectivity index (χ4n) is 5.79. The molecule has 3 fully saturated rings. The fourth-order valence-corrected chi connectivity index (χ4v) is 5.79. The molecule has 16 heavy (non-hydrogen) atoms. The molecule has 0 aromatic heterocycles. The summed E-state index contributed by atoms with van der Waals surface area (Å²) in [5, 5.41) is 0. The van der Waals surface area contributed by atoms with Crippen LogP contribution in [0.5, 0.6) is 0 Å². The number of fused-ring (bicyclic) bond motifs is 11. The van der Waals surface area contributed by atoms with Crippen LogP contribution in [-0.2, 0) is 4.79 Å². The quantitative estimate of drug-likeness (QED) is 0.564. The number of ketones is 1. The molecule has 5 aliphatic carbocycles. The Morgan fingerprint density at radius 2 is 1.19 bits per heavy atom. The van der Waals surface area contributed by atoms with Gasteiger partial charge in [-0.2, -0.15) is 0 Å². The van der Waals surface area contributed by atoms with Crippen molar-refractivity contribution in [1.82, 2.24) is 0 Å². The molecule has 0 spiro atoms. The molecule has 0 saturated heterocycles. The first kappa shape index (κ1) is 8.27. The predicted molar refractivity (Wildman–Crippen MR) is 60.4 cm³/mol. The van der Waals surface area contributed by atoms with E-state index in [1.807, 2.05) is 0 Å². The van der Waals surface area contributed by atoms with Gasteiger partial charge in [-0.05, 0) is 48.3 Å². The third-order valence-corrected chi connectivity index (χ3v) is 6.14. The van der Waals surface area contributed by atoms with Crippen molar-refractivity contribution in [3.05, 3.63) is 24.3 Å². The number of allylic oxidation sites excluding steroid dienone is 4. The highest BCUT2D eigenvalue weighted by Crippen LogP contribution is 2.66. The van der Waals surface area contributed by atoms with E-state index in [9.17, 15) is 4.79 Å². The molecule has 1 nitrogen and oxygen atoms in total. The first-order chi connectivity index (χ1) is 7.84. The molecule has 4 unspecified atom stereocenters. The second-order valence-corrected chi connectivity index (χ2v) is 6.51. The summed E-state index contributed by atoms with van der Waals surface area (Å²) in [6.07, 6.45) is 12.1. The Labute approximate surface area is 95.6 Å².